The Morgan fingerprint density at radius 2 is 2.08 bits per heavy atom. The highest BCUT2D eigenvalue weighted by atomic mass is 32.2. The molecule has 0 spiro atoms. The minimum Gasteiger partial charge on any atom is -0.300 e. The molecule has 0 aliphatic carbocycles. The van der Waals surface area contributed by atoms with Gasteiger partial charge in [0.2, 0.25) is 15.4 Å². The van der Waals surface area contributed by atoms with Crippen molar-refractivity contribution in [2.24, 2.45) is 5.92 Å². The third-order valence-electron chi connectivity index (χ3n) is 3.28. The van der Waals surface area contributed by atoms with Gasteiger partial charge in [-0.25, -0.2) is 13.1 Å². The topological polar surface area (TPSA) is 101 Å². The van der Waals surface area contributed by atoms with Crippen molar-refractivity contribution < 1.29 is 13.2 Å². The van der Waals surface area contributed by atoms with Crippen molar-refractivity contribution >= 4 is 44.2 Å². The number of thioether (sulfide) groups is 1. The minimum atomic E-state index is -3.72. The van der Waals surface area contributed by atoms with Crippen LogP contribution in [0.2, 0.25) is 0 Å². The summed E-state index contributed by atoms with van der Waals surface area (Å²) in [6, 6.07) is 8.23. The Kier molecular flexibility index (Phi) is 7.56. The first-order chi connectivity index (χ1) is 12.3. The highest BCUT2D eigenvalue weighted by molar-refractivity contribution is 7.98. The number of aryl methyl sites for hydroxylation is 1. The van der Waals surface area contributed by atoms with Gasteiger partial charge in [-0.1, -0.05) is 55.0 Å². The van der Waals surface area contributed by atoms with Gasteiger partial charge in [-0.05, 0) is 12.5 Å². The summed E-state index contributed by atoms with van der Waals surface area (Å²) in [7, 11) is -3.72. The average molecular weight is 415 g/mol. The van der Waals surface area contributed by atoms with Crippen LogP contribution in [0, 0.1) is 12.8 Å². The fourth-order valence-electron chi connectivity index (χ4n) is 1.92. The van der Waals surface area contributed by atoms with Gasteiger partial charge in [0, 0.05) is 24.0 Å². The lowest BCUT2D eigenvalue weighted by atomic mass is 10.2. The molecule has 0 aliphatic heterocycles. The van der Waals surface area contributed by atoms with Crippen LogP contribution in [0.5, 0.6) is 0 Å². The number of rotatable bonds is 9. The number of sulfonamides is 1. The summed E-state index contributed by atoms with van der Waals surface area (Å²) in [5, 5.41) is 10.1. The van der Waals surface area contributed by atoms with Gasteiger partial charge in [-0.2, -0.15) is 11.8 Å². The zero-order valence-corrected chi connectivity index (χ0v) is 17.3. The molecule has 1 heterocycles. The predicted molar refractivity (Wildman–Crippen MR) is 106 cm³/mol. The second-order valence-electron chi connectivity index (χ2n) is 5.96. The highest BCUT2D eigenvalue weighted by Gasteiger charge is 2.20. The second kappa shape index (κ2) is 9.45. The predicted octanol–water partition coefficient (Wildman–Crippen LogP) is 2.65. The van der Waals surface area contributed by atoms with Crippen LogP contribution in [0.3, 0.4) is 0 Å². The molecule has 0 radical (unpaired) electrons. The van der Waals surface area contributed by atoms with Crippen molar-refractivity contribution in [1.29, 1.82) is 0 Å². The van der Waals surface area contributed by atoms with Crippen molar-refractivity contribution in [3.63, 3.8) is 0 Å². The molecule has 0 bridgehead atoms. The number of aromatic nitrogens is 2. The minimum absolute atomic E-state index is 0.153. The molecule has 0 saturated heterocycles. The van der Waals surface area contributed by atoms with Crippen LogP contribution < -0.4 is 10.0 Å². The summed E-state index contributed by atoms with van der Waals surface area (Å²) in [6.07, 6.45) is 0. The number of nitrogens with zero attached hydrogens (tertiary/aromatic N) is 2. The molecular formula is C16H22N4O3S3. The highest BCUT2D eigenvalue weighted by Crippen LogP contribution is 2.20. The summed E-state index contributed by atoms with van der Waals surface area (Å²) >= 11 is 2.49. The maximum absolute atomic E-state index is 12.2. The second-order valence-corrected chi connectivity index (χ2v) is 9.98. The largest absolute Gasteiger partial charge is 0.300 e. The summed E-state index contributed by atoms with van der Waals surface area (Å²) in [5.41, 5.74) is 2.42. The molecule has 0 aliphatic rings. The smallest absolute Gasteiger partial charge is 0.269 e. The van der Waals surface area contributed by atoms with E-state index in [-0.39, 0.29) is 21.3 Å². The molecule has 0 atom stereocenters. The number of amides is 1. The fourth-order valence-corrected chi connectivity index (χ4v) is 4.83. The Bertz CT molecular complexity index is 850. The Labute approximate surface area is 162 Å². The molecule has 1 aromatic carbocycles. The Morgan fingerprint density at radius 1 is 1.31 bits per heavy atom. The molecule has 1 amide bonds. The van der Waals surface area contributed by atoms with E-state index in [4.69, 9.17) is 0 Å². The van der Waals surface area contributed by atoms with Gasteiger partial charge in [-0.3, -0.25) is 4.79 Å². The molecule has 2 aromatic rings. The number of benzene rings is 1. The molecule has 0 unspecified atom stereocenters. The van der Waals surface area contributed by atoms with E-state index in [2.05, 4.69) is 32.4 Å². The fraction of sp³-hybridized carbons (Fsp3) is 0.438. The SMILES string of the molecule is Cc1cccc(CSCCNS(=O)(=O)c2nnc(NC(=O)C(C)C)s2)c1. The molecule has 0 saturated carbocycles. The van der Waals surface area contributed by atoms with E-state index in [0.717, 1.165) is 17.1 Å². The molecule has 26 heavy (non-hydrogen) atoms. The number of hydrogen-bond acceptors (Lipinski definition) is 7. The van der Waals surface area contributed by atoms with Crippen LogP contribution in [0.1, 0.15) is 25.0 Å². The Morgan fingerprint density at radius 3 is 2.77 bits per heavy atom. The Hall–Kier alpha value is -1.49. The summed E-state index contributed by atoms with van der Waals surface area (Å²) < 4.78 is 26.8. The van der Waals surface area contributed by atoms with Gasteiger partial charge < -0.3 is 5.32 Å². The number of carbonyl (C=O) groups is 1. The van der Waals surface area contributed by atoms with Crippen LogP contribution in [0.4, 0.5) is 5.13 Å². The number of anilines is 1. The molecule has 0 fully saturated rings. The van der Waals surface area contributed by atoms with Crippen molar-refractivity contribution in [3.05, 3.63) is 35.4 Å². The van der Waals surface area contributed by atoms with E-state index in [0.29, 0.717) is 12.3 Å². The van der Waals surface area contributed by atoms with Gasteiger partial charge in [0.05, 0.1) is 0 Å². The van der Waals surface area contributed by atoms with Crippen LogP contribution in [0.15, 0.2) is 28.6 Å². The van der Waals surface area contributed by atoms with Crippen molar-refractivity contribution in [2.45, 2.75) is 30.9 Å². The van der Waals surface area contributed by atoms with Gasteiger partial charge >= 0.3 is 0 Å². The van der Waals surface area contributed by atoms with Crippen molar-refractivity contribution in [3.8, 4) is 0 Å². The van der Waals surface area contributed by atoms with E-state index >= 15 is 0 Å². The first-order valence-electron chi connectivity index (χ1n) is 8.05. The number of carbonyl (C=O) groups excluding carboxylic acids is 1. The molecule has 7 nitrogen and oxygen atoms in total. The van der Waals surface area contributed by atoms with E-state index < -0.39 is 10.0 Å². The molecule has 142 valence electrons. The zero-order valence-electron chi connectivity index (χ0n) is 14.9. The van der Waals surface area contributed by atoms with E-state index in [1.165, 1.54) is 11.1 Å². The molecule has 2 N–H and O–H groups in total. The van der Waals surface area contributed by atoms with E-state index in [1.807, 2.05) is 19.1 Å². The quantitative estimate of drug-likeness (QED) is 0.483. The average Bonchev–Trinajstić information content (AvgIpc) is 3.04. The summed E-state index contributed by atoms with van der Waals surface area (Å²) in [5.74, 6) is 1.02. The number of nitrogens with one attached hydrogen (secondary N) is 2. The van der Waals surface area contributed by atoms with Crippen molar-refractivity contribution in [2.75, 3.05) is 17.6 Å². The van der Waals surface area contributed by atoms with Crippen LogP contribution >= 0.6 is 23.1 Å². The first-order valence-corrected chi connectivity index (χ1v) is 11.5. The van der Waals surface area contributed by atoms with Crippen LogP contribution in [-0.2, 0) is 20.6 Å². The monoisotopic (exact) mass is 414 g/mol. The van der Waals surface area contributed by atoms with Gasteiger partial charge in [-0.15, -0.1) is 10.2 Å². The van der Waals surface area contributed by atoms with Gasteiger partial charge in [0.25, 0.3) is 10.0 Å². The lowest BCUT2D eigenvalue weighted by Gasteiger charge is -2.05. The van der Waals surface area contributed by atoms with Crippen molar-refractivity contribution in [1.82, 2.24) is 14.9 Å². The lowest BCUT2D eigenvalue weighted by Crippen LogP contribution is -2.26. The third kappa shape index (κ3) is 6.35. The Balaban J connectivity index is 1.79. The van der Waals surface area contributed by atoms with E-state index in [9.17, 15) is 13.2 Å². The lowest BCUT2D eigenvalue weighted by molar-refractivity contribution is -0.118. The maximum Gasteiger partial charge on any atom is 0.269 e. The summed E-state index contributed by atoms with van der Waals surface area (Å²) in [4.78, 5) is 11.6. The van der Waals surface area contributed by atoms with Crippen LogP contribution in [0.25, 0.3) is 0 Å². The van der Waals surface area contributed by atoms with E-state index in [1.54, 1.807) is 25.6 Å². The number of hydrogen-bond donors (Lipinski definition) is 2. The van der Waals surface area contributed by atoms with Gasteiger partial charge in [0.1, 0.15) is 0 Å². The van der Waals surface area contributed by atoms with Crippen LogP contribution in [-0.4, -0.2) is 36.8 Å². The zero-order chi connectivity index (χ0) is 19.2. The molecule has 1 aromatic heterocycles. The molecule has 10 heteroatoms. The molecule has 2 rings (SSSR count). The van der Waals surface area contributed by atoms with Gasteiger partial charge in [0.15, 0.2) is 0 Å². The standard InChI is InChI=1S/C16H22N4O3S3/c1-11(2)14(21)18-15-19-20-16(25-15)26(22,23)17-7-8-24-10-13-6-4-5-12(3)9-13/h4-6,9,11,17H,7-8,10H2,1-3H3,(H,18,19,21). The first kappa shape index (κ1) is 20.8. The summed E-state index contributed by atoms with van der Waals surface area (Å²) in [6.45, 7) is 5.82. The molecular weight excluding hydrogens is 392 g/mol. The maximum atomic E-state index is 12.2. The normalized spacial score (nSPS) is 11.7. The third-order valence-corrected chi connectivity index (χ3v) is 6.98.